The third-order valence-electron chi connectivity index (χ3n) is 3.30. The lowest BCUT2D eigenvalue weighted by Crippen LogP contribution is -2.14. The molecule has 2 aromatic heterocycles. The summed E-state index contributed by atoms with van der Waals surface area (Å²) in [6, 6.07) is 11.7. The van der Waals surface area contributed by atoms with Gasteiger partial charge in [-0.15, -0.1) is 0 Å². The summed E-state index contributed by atoms with van der Waals surface area (Å²) in [7, 11) is 0. The van der Waals surface area contributed by atoms with Gasteiger partial charge in [0.2, 0.25) is 0 Å². The van der Waals surface area contributed by atoms with E-state index in [9.17, 15) is 5.11 Å². The number of hydrogen-bond donors (Lipinski definition) is 3. The second-order valence-electron chi connectivity index (χ2n) is 4.74. The third-order valence-corrected chi connectivity index (χ3v) is 3.30. The number of rotatable bonds is 5. The van der Waals surface area contributed by atoms with Crippen LogP contribution in [-0.2, 0) is 0 Å². The first kappa shape index (κ1) is 13.3. The molecule has 0 aliphatic heterocycles. The number of aliphatic hydroxyl groups is 1. The van der Waals surface area contributed by atoms with E-state index >= 15 is 0 Å². The zero-order valence-electron chi connectivity index (χ0n) is 11.4. The molecule has 0 bridgehead atoms. The molecule has 0 amide bonds. The molecule has 0 aliphatic rings. The fourth-order valence-electron chi connectivity index (χ4n) is 2.21. The van der Waals surface area contributed by atoms with Gasteiger partial charge in [-0.05, 0) is 11.6 Å². The summed E-state index contributed by atoms with van der Waals surface area (Å²) in [5, 5.41) is 19.6. The molecule has 1 aromatic carbocycles. The van der Waals surface area contributed by atoms with E-state index < -0.39 is 0 Å². The fraction of sp³-hybridized carbons (Fsp3) is 0.125. The van der Waals surface area contributed by atoms with E-state index in [0.29, 0.717) is 0 Å². The number of aliphatic hydroxyl groups excluding tert-OH is 1. The second-order valence-corrected chi connectivity index (χ2v) is 4.74. The van der Waals surface area contributed by atoms with Crippen LogP contribution in [0.25, 0.3) is 11.1 Å². The third kappa shape index (κ3) is 3.09. The van der Waals surface area contributed by atoms with Crippen LogP contribution in [0.5, 0.6) is 0 Å². The van der Waals surface area contributed by atoms with Crippen molar-refractivity contribution in [2.45, 2.75) is 6.04 Å². The van der Waals surface area contributed by atoms with Crippen LogP contribution in [0.3, 0.4) is 0 Å². The van der Waals surface area contributed by atoms with Crippen molar-refractivity contribution < 1.29 is 5.11 Å². The lowest BCUT2D eigenvalue weighted by molar-refractivity contribution is 0.276. The number of aromatic amines is 1. The van der Waals surface area contributed by atoms with Gasteiger partial charge in [-0.3, -0.25) is 10.1 Å². The van der Waals surface area contributed by atoms with Crippen LogP contribution in [0, 0.1) is 0 Å². The fourth-order valence-corrected chi connectivity index (χ4v) is 2.21. The minimum absolute atomic E-state index is 0.0138. The van der Waals surface area contributed by atoms with E-state index in [0.717, 1.165) is 22.4 Å². The Hall–Kier alpha value is -2.66. The molecule has 21 heavy (non-hydrogen) atoms. The van der Waals surface area contributed by atoms with Crippen LogP contribution >= 0.6 is 0 Å². The van der Waals surface area contributed by atoms with Crippen LogP contribution in [0.1, 0.15) is 11.6 Å². The molecule has 0 saturated carbocycles. The van der Waals surface area contributed by atoms with Gasteiger partial charge in [0.05, 0.1) is 24.5 Å². The highest BCUT2D eigenvalue weighted by atomic mass is 16.3. The van der Waals surface area contributed by atoms with E-state index in [1.54, 1.807) is 18.6 Å². The van der Waals surface area contributed by atoms with E-state index in [1.165, 1.54) is 0 Å². The first-order valence-corrected chi connectivity index (χ1v) is 6.73. The van der Waals surface area contributed by atoms with Gasteiger partial charge in [0.15, 0.2) is 0 Å². The number of aromatic nitrogens is 3. The Kier molecular flexibility index (Phi) is 3.93. The maximum Gasteiger partial charge on any atom is 0.0745 e. The average molecular weight is 280 g/mol. The smallest absolute Gasteiger partial charge is 0.0745 e. The number of pyridine rings is 1. The molecular weight excluding hydrogens is 264 g/mol. The van der Waals surface area contributed by atoms with Crippen LogP contribution in [0.4, 0.5) is 5.69 Å². The molecule has 1 atom stereocenters. The van der Waals surface area contributed by atoms with Crippen molar-refractivity contribution in [1.82, 2.24) is 15.2 Å². The summed E-state index contributed by atoms with van der Waals surface area (Å²) < 4.78 is 0. The van der Waals surface area contributed by atoms with Crippen molar-refractivity contribution in [2.75, 3.05) is 11.9 Å². The molecule has 0 spiro atoms. The van der Waals surface area contributed by atoms with Gasteiger partial charge in [0, 0.05) is 29.7 Å². The predicted molar refractivity (Wildman–Crippen MR) is 81.7 cm³/mol. The number of benzene rings is 1. The molecule has 5 heteroatoms. The van der Waals surface area contributed by atoms with Gasteiger partial charge in [0.1, 0.15) is 0 Å². The molecule has 0 fully saturated rings. The lowest BCUT2D eigenvalue weighted by Gasteiger charge is -2.18. The molecule has 3 aromatic rings. The minimum atomic E-state index is -0.160. The van der Waals surface area contributed by atoms with Crippen molar-refractivity contribution in [3.63, 3.8) is 0 Å². The Bertz CT molecular complexity index is 683. The predicted octanol–water partition coefficient (Wildman–Crippen LogP) is 2.62. The van der Waals surface area contributed by atoms with Gasteiger partial charge in [0.25, 0.3) is 0 Å². The number of nitrogens with one attached hydrogen (secondary N) is 2. The molecule has 0 aliphatic carbocycles. The quantitative estimate of drug-likeness (QED) is 0.671. The van der Waals surface area contributed by atoms with Crippen LogP contribution in [0.15, 0.2) is 61.2 Å². The van der Waals surface area contributed by atoms with Crippen molar-refractivity contribution >= 4 is 5.69 Å². The van der Waals surface area contributed by atoms with Crippen molar-refractivity contribution in [2.24, 2.45) is 0 Å². The first-order chi connectivity index (χ1) is 10.4. The maximum atomic E-state index is 9.60. The number of anilines is 1. The van der Waals surface area contributed by atoms with Gasteiger partial charge in [-0.1, -0.05) is 30.3 Å². The Balaban J connectivity index is 1.82. The van der Waals surface area contributed by atoms with E-state index in [-0.39, 0.29) is 12.6 Å². The van der Waals surface area contributed by atoms with Gasteiger partial charge < -0.3 is 10.4 Å². The number of hydrogen-bond acceptors (Lipinski definition) is 4. The Morgan fingerprint density at radius 3 is 2.67 bits per heavy atom. The number of nitrogens with zero attached hydrogens (tertiary/aromatic N) is 2. The highest BCUT2D eigenvalue weighted by Crippen LogP contribution is 2.23. The molecular formula is C16H16N4O. The average Bonchev–Trinajstić information content (AvgIpc) is 3.08. The SMILES string of the molecule is OC[C@H](Nc1cncc(-c2cn[nH]c2)c1)c1ccccc1. The highest BCUT2D eigenvalue weighted by molar-refractivity contribution is 5.65. The van der Waals surface area contributed by atoms with Crippen LogP contribution in [-0.4, -0.2) is 26.9 Å². The molecule has 3 rings (SSSR count). The van der Waals surface area contributed by atoms with E-state index in [2.05, 4.69) is 20.5 Å². The molecule has 5 nitrogen and oxygen atoms in total. The lowest BCUT2D eigenvalue weighted by atomic mass is 10.1. The summed E-state index contributed by atoms with van der Waals surface area (Å²) in [5.74, 6) is 0. The standard InChI is InChI=1S/C16H16N4O/c21-11-16(12-4-2-1-3-5-12)20-15-6-13(7-17-10-15)14-8-18-19-9-14/h1-10,16,20-21H,11H2,(H,18,19)/t16-/m0/s1. The molecule has 0 radical (unpaired) electrons. The maximum absolute atomic E-state index is 9.60. The summed E-state index contributed by atoms with van der Waals surface area (Å²) in [5.41, 5.74) is 3.84. The van der Waals surface area contributed by atoms with Crippen molar-refractivity contribution in [3.8, 4) is 11.1 Å². The van der Waals surface area contributed by atoms with Crippen molar-refractivity contribution in [3.05, 3.63) is 66.7 Å². The molecule has 0 saturated heterocycles. The Labute approximate surface area is 122 Å². The second kappa shape index (κ2) is 6.19. The van der Waals surface area contributed by atoms with Gasteiger partial charge >= 0.3 is 0 Å². The molecule has 3 N–H and O–H groups in total. The van der Waals surface area contributed by atoms with E-state index in [1.807, 2.05) is 42.6 Å². The first-order valence-electron chi connectivity index (χ1n) is 6.73. The summed E-state index contributed by atoms with van der Waals surface area (Å²) in [6.07, 6.45) is 7.10. The zero-order chi connectivity index (χ0) is 14.5. The molecule has 0 unspecified atom stereocenters. The van der Waals surface area contributed by atoms with Gasteiger partial charge in [-0.25, -0.2) is 0 Å². The molecule has 106 valence electrons. The Morgan fingerprint density at radius 2 is 1.95 bits per heavy atom. The van der Waals surface area contributed by atoms with Gasteiger partial charge in [-0.2, -0.15) is 5.10 Å². The summed E-state index contributed by atoms with van der Waals surface area (Å²) in [6.45, 7) is 0.0138. The zero-order valence-corrected chi connectivity index (χ0v) is 11.4. The Morgan fingerprint density at radius 1 is 1.10 bits per heavy atom. The summed E-state index contributed by atoms with van der Waals surface area (Å²) >= 11 is 0. The molecule has 2 heterocycles. The number of H-pyrrole nitrogens is 1. The normalized spacial score (nSPS) is 12.0. The summed E-state index contributed by atoms with van der Waals surface area (Å²) in [4.78, 5) is 4.24. The van der Waals surface area contributed by atoms with Crippen molar-refractivity contribution in [1.29, 1.82) is 0 Å². The highest BCUT2D eigenvalue weighted by Gasteiger charge is 2.10. The monoisotopic (exact) mass is 280 g/mol. The minimum Gasteiger partial charge on any atom is -0.394 e. The topological polar surface area (TPSA) is 73.8 Å². The van der Waals surface area contributed by atoms with E-state index in [4.69, 9.17) is 0 Å². The largest absolute Gasteiger partial charge is 0.394 e. The van der Waals surface area contributed by atoms with Crippen LogP contribution in [0.2, 0.25) is 0 Å². The van der Waals surface area contributed by atoms with Crippen LogP contribution < -0.4 is 5.32 Å².